The van der Waals surface area contributed by atoms with Crippen LogP contribution in [0.1, 0.15) is 36.8 Å². The van der Waals surface area contributed by atoms with Gasteiger partial charge in [-0.25, -0.2) is 4.79 Å². The summed E-state index contributed by atoms with van der Waals surface area (Å²) >= 11 is 0. The van der Waals surface area contributed by atoms with Gasteiger partial charge in [0.1, 0.15) is 0 Å². The van der Waals surface area contributed by atoms with Crippen molar-refractivity contribution in [2.24, 2.45) is 5.92 Å². The molecule has 1 heterocycles. The highest BCUT2D eigenvalue weighted by atomic mass is 16.2. The monoisotopic (exact) mass is 379 g/mol. The van der Waals surface area contributed by atoms with E-state index in [1.165, 1.54) is 5.56 Å². The van der Waals surface area contributed by atoms with E-state index in [1.807, 2.05) is 66.4 Å². The molecule has 2 N–H and O–H groups in total. The summed E-state index contributed by atoms with van der Waals surface area (Å²) in [5.74, 6) is 0.449. The molecule has 3 amide bonds. The number of rotatable bonds is 6. The fourth-order valence-corrected chi connectivity index (χ4v) is 3.54. The fraction of sp³-hybridized carbons (Fsp3) is 0.391. The first-order chi connectivity index (χ1) is 13.6. The van der Waals surface area contributed by atoms with Crippen LogP contribution in [0.3, 0.4) is 0 Å². The summed E-state index contributed by atoms with van der Waals surface area (Å²) in [5.41, 5.74) is 3.09. The minimum absolute atomic E-state index is 0.0536. The Balaban J connectivity index is 1.41. The van der Waals surface area contributed by atoms with E-state index in [-0.39, 0.29) is 11.9 Å². The highest BCUT2D eigenvalue weighted by Crippen LogP contribution is 2.22. The third kappa shape index (κ3) is 6.12. The average Bonchev–Trinajstić information content (AvgIpc) is 2.73. The van der Waals surface area contributed by atoms with Gasteiger partial charge < -0.3 is 15.5 Å². The van der Waals surface area contributed by atoms with E-state index in [4.69, 9.17) is 0 Å². The van der Waals surface area contributed by atoms with Crippen LogP contribution >= 0.6 is 0 Å². The molecule has 2 aromatic carbocycles. The number of hydrogen-bond donors (Lipinski definition) is 2. The summed E-state index contributed by atoms with van der Waals surface area (Å²) in [7, 11) is 0. The smallest absolute Gasteiger partial charge is 0.321 e. The van der Waals surface area contributed by atoms with Gasteiger partial charge in [0.25, 0.3) is 0 Å². The molecule has 1 aliphatic rings. The second kappa shape index (κ2) is 9.93. The zero-order valence-electron chi connectivity index (χ0n) is 16.5. The molecule has 0 radical (unpaired) electrons. The van der Waals surface area contributed by atoms with Gasteiger partial charge in [-0.2, -0.15) is 0 Å². The Labute approximate surface area is 167 Å². The summed E-state index contributed by atoms with van der Waals surface area (Å²) < 4.78 is 0. The van der Waals surface area contributed by atoms with Gasteiger partial charge in [0.2, 0.25) is 5.91 Å². The van der Waals surface area contributed by atoms with E-state index in [1.54, 1.807) is 0 Å². The largest absolute Gasteiger partial charge is 0.352 e. The normalized spacial score (nSPS) is 16.5. The number of carbonyl (C=O) groups is 2. The average molecular weight is 380 g/mol. The molecule has 148 valence electrons. The maximum absolute atomic E-state index is 12.5. The van der Waals surface area contributed by atoms with Crippen LogP contribution in [0.2, 0.25) is 0 Å². The van der Waals surface area contributed by atoms with E-state index >= 15 is 0 Å². The van der Waals surface area contributed by atoms with Crippen molar-refractivity contribution in [3.8, 4) is 0 Å². The van der Waals surface area contributed by atoms with Crippen LogP contribution in [0.5, 0.6) is 0 Å². The molecule has 1 saturated heterocycles. The zero-order valence-corrected chi connectivity index (χ0v) is 16.5. The van der Waals surface area contributed by atoms with E-state index < -0.39 is 0 Å². The number of carbonyl (C=O) groups excluding carboxylic acids is 2. The van der Waals surface area contributed by atoms with Gasteiger partial charge >= 0.3 is 6.03 Å². The summed E-state index contributed by atoms with van der Waals surface area (Å²) in [6, 6.07) is 17.7. The van der Waals surface area contributed by atoms with Crippen LogP contribution in [0.4, 0.5) is 10.5 Å². The quantitative estimate of drug-likeness (QED) is 0.784. The summed E-state index contributed by atoms with van der Waals surface area (Å²) in [6.45, 7) is 4.07. The molecule has 28 heavy (non-hydrogen) atoms. The first kappa shape index (κ1) is 19.9. The van der Waals surface area contributed by atoms with Crippen LogP contribution in [0.25, 0.3) is 0 Å². The number of piperidine rings is 1. The molecular weight excluding hydrogens is 350 g/mol. The van der Waals surface area contributed by atoms with Crippen molar-refractivity contribution in [2.75, 3.05) is 18.4 Å². The SMILES string of the molecule is Cc1ccc(NC(=O)N2CCCC(CCC(=O)NCc3ccccc3)C2)cc1. The maximum Gasteiger partial charge on any atom is 0.321 e. The highest BCUT2D eigenvalue weighted by molar-refractivity contribution is 5.89. The van der Waals surface area contributed by atoms with Crippen molar-refractivity contribution < 1.29 is 9.59 Å². The van der Waals surface area contributed by atoms with Crippen LogP contribution in [-0.2, 0) is 11.3 Å². The van der Waals surface area contributed by atoms with Crippen LogP contribution in [0.15, 0.2) is 54.6 Å². The second-order valence-corrected chi connectivity index (χ2v) is 7.55. The number of hydrogen-bond acceptors (Lipinski definition) is 2. The van der Waals surface area contributed by atoms with Gasteiger partial charge in [-0.15, -0.1) is 0 Å². The highest BCUT2D eigenvalue weighted by Gasteiger charge is 2.24. The number of nitrogens with one attached hydrogen (secondary N) is 2. The fourth-order valence-electron chi connectivity index (χ4n) is 3.54. The predicted octanol–water partition coefficient (Wildman–Crippen LogP) is 4.34. The Morgan fingerprint density at radius 2 is 1.82 bits per heavy atom. The summed E-state index contributed by atoms with van der Waals surface area (Å²) in [5, 5.41) is 5.95. The molecule has 2 aromatic rings. The summed E-state index contributed by atoms with van der Waals surface area (Å²) in [4.78, 5) is 26.5. The van der Waals surface area contributed by atoms with E-state index in [0.717, 1.165) is 37.1 Å². The number of aryl methyl sites for hydroxylation is 1. The molecular formula is C23H29N3O2. The van der Waals surface area contributed by atoms with Crippen LogP contribution in [-0.4, -0.2) is 29.9 Å². The Hall–Kier alpha value is -2.82. The number of anilines is 1. The number of urea groups is 1. The lowest BCUT2D eigenvalue weighted by molar-refractivity contribution is -0.121. The van der Waals surface area contributed by atoms with Gasteiger partial charge in [-0.05, 0) is 49.8 Å². The van der Waals surface area contributed by atoms with Crippen LogP contribution < -0.4 is 10.6 Å². The molecule has 0 bridgehead atoms. The molecule has 1 aliphatic heterocycles. The van der Waals surface area contributed by atoms with Crippen LogP contribution in [0, 0.1) is 12.8 Å². The van der Waals surface area contributed by atoms with E-state index in [9.17, 15) is 9.59 Å². The number of benzene rings is 2. The van der Waals surface area contributed by atoms with Gasteiger partial charge in [0.15, 0.2) is 0 Å². The summed E-state index contributed by atoms with van der Waals surface area (Å²) in [6.07, 6.45) is 3.37. The lowest BCUT2D eigenvalue weighted by Gasteiger charge is -2.32. The Morgan fingerprint density at radius 3 is 2.57 bits per heavy atom. The van der Waals surface area contributed by atoms with Crippen molar-refractivity contribution in [3.05, 3.63) is 65.7 Å². The minimum Gasteiger partial charge on any atom is -0.352 e. The number of likely N-dealkylation sites (tertiary alicyclic amines) is 1. The number of amides is 3. The molecule has 1 fully saturated rings. The third-order valence-corrected chi connectivity index (χ3v) is 5.22. The third-order valence-electron chi connectivity index (χ3n) is 5.22. The van der Waals surface area contributed by atoms with Gasteiger partial charge in [0, 0.05) is 31.7 Å². The molecule has 1 unspecified atom stereocenters. The maximum atomic E-state index is 12.5. The van der Waals surface area contributed by atoms with Crippen molar-refractivity contribution >= 4 is 17.6 Å². The topological polar surface area (TPSA) is 61.4 Å². The molecule has 0 aromatic heterocycles. The molecule has 0 aliphatic carbocycles. The standard InChI is InChI=1S/C23H29N3O2/c1-18-9-12-21(13-10-18)25-23(28)26-15-5-8-20(17-26)11-14-22(27)24-16-19-6-3-2-4-7-19/h2-4,6-7,9-10,12-13,20H,5,8,11,14-17H2,1H3,(H,24,27)(H,25,28). The van der Waals surface area contributed by atoms with Gasteiger partial charge in [-0.1, -0.05) is 48.0 Å². The minimum atomic E-state index is -0.0536. The number of nitrogens with zero attached hydrogens (tertiary/aromatic N) is 1. The van der Waals surface area contributed by atoms with Gasteiger partial charge in [-0.3, -0.25) is 4.79 Å². The van der Waals surface area contributed by atoms with Crippen molar-refractivity contribution in [3.63, 3.8) is 0 Å². The zero-order chi connectivity index (χ0) is 19.8. The molecule has 0 saturated carbocycles. The molecule has 1 atom stereocenters. The molecule has 3 rings (SSSR count). The molecule has 0 spiro atoms. The lowest BCUT2D eigenvalue weighted by Crippen LogP contribution is -2.42. The molecule has 5 heteroatoms. The Kier molecular flexibility index (Phi) is 7.06. The second-order valence-electron chi connectivity index (χ2n) is 7.55. The van der Waals surface area contributed by atoms with E-state index in [2.05, 4.69) is 10.6 Å². The molecule has 5 nitrogen and oxygen atoms in total. The van der Waals surface area contributed by atoms with Crippen molar-refractivity contribution in [2.45, 2.75) is 39.2 Å². The Bertz CT molecular complexity index is 774. The predicted molar refractivity (Wildman–Crippen MR) is 112 cm³/mol. The first-order valence-corrected chi connectivity index (χ1v) is 10.0. The first-order valence-electron chi connectivity index (χ1n) is 10.0. The lowest BCUT2D eigenvalue weighted by atomic mass is 9.93. The van der Waals surface area contributed by atoms with Crippen molar-refractivity contribution in [1.82, 2.24) is 10.2 Å². The van der Waals surface area contributed by atoms with Gasteiger partial charge in [0.05, 0.1) is 0 Å². The van der Waals surface area contributed by atoms with E-state index in [0.29, 0.717) is 25.4 Å². The van der Waals surface area contributed by atoms with Crippen molar-refractivity contribution in [1.29, 1.82) is 0 Å². The Morgan fingerprint density at radius 1 is 1.07 bits per heavy atom.